The largest absolute Gasteiger partial charge is 0.493 e. The summed E-state index contributed by atoms with van der Waals surface area (Å²) in [5.41, 5.74) is 1.13. The average molecular weight is 412 g/mol. The number of methoxy groups -OCH3 is 2. The molecular formula is C23H25NO4S. The Hall–Kier alpha value is -2.57. The molecular weight excluding hydrogens is 386 g/mol. The predicted octanol–water partition coefficient (Wildman–Crippen LogP) is 4.80. The van der Waals surface area contributed by atoms with E-state index in [-0.39, 0.29) is 12.0 Å². The summed E-state index contributed by atoms with van der Waals surface area (Å²) in [7, 11) is 3.28. The van der Waals surface area contributed by atoms with Crippen LogP contribution in [0.2, 0.25) is 0 Å². The van der Waals surface area contributed by atoms with Crippen LogP contribution in [0.25, 0.3) is 10.1 Å². The number of fused-ring (bicyclic) bond motifs is 1. The van der Waals surface area contributed by atoms with Gasteiger partial charge < -0.3 is 14.6 Å². The number of aliphatic carboxylic acids is 1. The van der Waals surface area contributed by atoms with Gasteiger partial charge in [0, 0.05) is 9.58 Å². The van der Waals surface area contributed by atoms with Crippen molar-refractivity contribution in [2.45, 2.75) is 18.9 Å². The number of benzene rings is 2. The highest BCUT2D eigenvalue weighted by molar-refractivity contribution is 7.19. The van der Waals surface area contributed by atoms with Crippen LogP contribution < -0.4 is 9.47 Å². The van der Waals surface area contributed by atoms with E-state index in [0.29, 0.717) is 24.3 Å². The number of thiophene rings is 1. The molecule has 0 radical (unpaired) electrons. The number of piperidine rings is 1. The average Bonchev–Trinajstić information content (AvgIpc) is 3.17. The lowest BCUT2D eigenvalue weighted by molar-refractivity contribution is -0.143. The van der Waals surface area contributed by atoms with Gasteiger partial charge in [-0.3, -0.25) is 9.69 Å². The minimum absolute atomic E-state index is 0.0574. The molecule has 29 heavy (non-hydrogen) atoms. The summed E-state index contributed by atoms with van der Waals surface area (Å²) < 4.78 is 12.2. The molecule has 0 bridgehead atoms. The maximum absolute atomic E-state index is 11.4. The Bertz CT molecular complexity index is 974. The summed E-state index contributed by atoms with van der Waals surface area (Å²) in [6.07, 6.45) is 1.34. The van der Waals surface area contributed by atoms with Gasteiger partial charge in [0.2, 0.25) is 0 Å². The standard InChI is InChI=1S/C23H25NO4S/c1-27-18-8-7-17(13-19(18)28-2)22(24-11-9-15(10-12-24)23(25)26)21-14-16-5-3-4-6-20(16)29-21/h3-8,13-15,22H,9-12H2,1-2H3,(H,25,26). The third-order valence-electron chi connectivity index (χ3n) is 5.68. The maximum atomic E-state index is 11.4. The third-order valence-corrected chi connectivity index (χ3v) is 6.85. The Labute approximate surface area is 174 Å². The molecule has 1 saturated heterocycles. The molecule has 3 aromatic rings. The van der Waals surface area contributed by atoms with Gasteiger partial charge in [0.15, 0.2) is 11.5 Å². The van der Waals surface area contributed by atoms with Crippen molar-refractivity contribution in [3.63, 3.8) is 0 Å². The molecule has 0 saturated carbocycles. The van der Waals surface area contributed by atoms with E-state index in [9.17, 15) is 9.90 Å². The van der Waals surface area contributed by atoms with Crippen LogP contribution in [0.5, 0.6) is 11.5 Å². The molecule has 5 nitrogen and oxygen atoms in total. The summed E-state index contributed by atoms with van der Waals surface area (Å²) in [5, 5.41) is 10.6. The van der Waals surface area contributed by atoms with Crippen LogP contribution in [0.4, 0.5) is 0 Å². The number of carbonyl (C=O) groups is 1. The monoisotopic (exact) mass is 411 g/mol. The van der Waals surface area contributed by atoms with E-state index in [1.165, 1.54) is 15.0 Å². The van der Waals surface area contributed by atoms with Gasteiger partial charge in [-0.25, -0.2) is 0 Å². The summed E-state index contributed by atoms with van der Waals surface area (Å²) in [6, 6.07) is 16.8. The highest BCUT2D eigenvalue weighted by Gasteiger charge is 2.31. The smallest absolute Gasteiger partial charge is 0.306 e. The van der Waals surface area contributed by atoms with Crippen LogP contribution >= 0.6 is 11.3 Å². The molecule has 6 heteroatoms. The molecule has 1 unspecified atom stereocenters. The minimum atomic E-state index is -0.686. The van der Waals surface area contributed by atoms with E-state index >= 15 is 0 Å². The van der Waals surface area contributed by atoms with Crippen LogP contribution in [0.1, 0.15) is 29.3 Å². The van der Waals surface area contributed by atoms with Crippen molar-refractivity contribution in [2.24, 2.45) is 5.92 Å². The van der Waals surface area contributed by atoms with E-state index < -0.39 is 5.97 Å². The van der Waals surface area contributed by atoms with Crippen LogP contribution in [-0.2, 0) is 4.79 Å². The minimum Gasteiger partial charge on any atom is -0.493 e. The molecule has 1 fully saturated rings. The third kappa shape index (κ3) is 3.95. The zero-order valence-electron chi connectivity index (χ0n) is 16.6. The Morgan fingerprint density at radius 1 is 1.07 bits per heavy atom. The van der Waals surface area contributed by atoms with Gasteiger partial charge >= 0.3 is 5.97 Å². The highest BCUT2D eigenvalue weighted by atomic mass is 32.1. The van der Waals surface area contributed by atoms with E-state index in [0.717, 1.165) is 18.7 Å². The topological polar surface area (TPSA) is 59.0 Å². The Morgan fingerprint density at radius 3 is 2.45 bits per heavy atom. The molecule has 2 heterocycles. The van der Waals surface area contributed by atoms with Gasteiger partial charge in [-0.2, -0.15) is 0 Å². The Balaban J connectivity index is 1.74. The lowest BCUT2D eigenvalue weighted by atomic mass is 9.93. The summed E-state index contributed by atoms with van der Waals surface area (Å²) >= 11 is 1.79. The first-order valence-electron chi connectivity index (χ1n) is 9.78. The lowest BCUT2D eigenvalue weighted by Gasteiger charge is -2.36. The van der Waals surface area contributed by atoms with E-state index in [4.69, 9.17) is 9.47 Å². The van der Waals surface area contributed by atoms with Gasteiger partial charge in [0.25, 0.3) is 0 Å². The molecule has 4 rings (SSSR count). The number of carboxylic acids is 1. The van der Waals surface area contributed by atoms with Gasteiger partial charge in [-0.05, 0) is 61.1 Å². The van der Waals surface area contributed by atoms with E-state index in [2.05, 4.69) is 41.3 Å². The van der Waals surface area contributed by atoms with Crippen molar-refractivity contribution in [3.8, 4) is 11.5 Å². The quantitative estimate of drug-likeness (QED) is 0.631. The van der Waals surface area contributed by atoms with Crippen molar-refractivity contribution >= 4 is 27.4 Å². The van der Waals surface area contributed by atoms with Crippen molar-refractivity contribution in [1.29, 1.82) is 0 Å². The van der Waals surface area contributed by atoms with Crippen LogP contribution in [0.15, 0.2) is 48.5 Å². The molecule has 0 spiro atoms. The molecule has 1 aromatic heterocycles. The molecule has 1 aliphatic rings. The van der Waals surface area contributed by atoms with Crippen molar-refractivity contribution in [1.82, 2.24) is 4.90 Å². The van der Waals surface area contributed by atoms with Crippen molar-refractivity contribution in [2.75, 3.05) is 27.3 Å². The normalized spacial score (nSPS) is 16.6. The number of carboxylic acid groups (broad SMARTS) is 1. The number of hydrogen-bond acceptors (Lipinski definition) is 5. The molecule has 0 aliphatic carbocycles. The molecule has 1 aliphatic heterocycles. The summed E-state index contributed by atoms with van der Waals surface area (Å²) in [5.74, 6) is 0.473. The second-order valence-corrected chi connectivity index (χ2v) is 8.47. The lowest BCUT2D eigenvalue weighted by Crippen LogP contribution is -2.39. The van der Waals surface area contributed by atoms with Gasteiger partial charge in [0.05, 0.1) is 26.2 Å². The number of ether oxygens (including phenoxy) is 2. The fourth-order valence-electron chi connectivity index (χ4n) is 4.12. The number of nitrogens with zero attached hydrogens (tertiary/aromatic N) is 1. The Kier molecular flexibility index (Phi) is 5.74. The molecule has 2 aromatic carbocycles. The zero-order chi connectivity index (χ0) is 20.4. The first kappa shape index (κ1) is 19.7. The second kappa shape index (κ2) is 8.43. The number of hydrogen-bond donors (Lipinski definition) is 1. The van der Waals surface area contributed by atoms with Gasteiger partial charge in [-0.15, -0.1) is 11.3 Å². The molecule has 152 valence electrons. The predicted molar refractivity (Wildman–Crippen MR) is 115 cm³/mol. The van der Waals surface area contributed by atoms with Crippen molar-refractivity contribution < 1.29 is 19.4 Å². The fourth-order valence-corrected chi connectivity index (χ4v) is 5.35. The van der Waals surface area contributed by atoms with Gasteiger partial charge in [-0.1, -0.05) is 24.3 Å². The van der Waals surface area contributed by atoms with Gasteiger partial charge in [0.1, 0.15) is 0 Å². The van der Waals surface area contributed by atoms with Crippen molar-refractivity contribution in [3.05, 3.63) is 59.0 Å². The number of likely N-dealkylation sites (tertiary alicyclic amines) is 1. The Morgan fingerprint density at radius 2 is 1.79 bits per heavy atom. The SMILES string of the molecule is COc1ccc(C(c2cc3ccccc3s2)N2CCC(C(=O)O)CC2)cc1OC. The number of rotatable bonds is 6. The first-order chi connectivity index (χ1) is 14.1. The van der Waals surface area contributed by atoms with Crippen LogP contribution in [-0.4, -0.2) is 43.3 Å². The first-order valence-corrected chi connectivity index (χ1v) is 10.6. The van der Waals surface area contributed by atoms with E-state index in [1.54, 1.807) is 25.6 Å². The maximum Gasteiger partial charge on any atom is 0.306 e. The molecule has 1 atom stereocenters. The zero-order valence-corrected chi connectivity index (χ0v) is 17.4. The molecule has 0 amide bonds. The molecule has 1 N–H and O–H groups in total. The summed E-state index contributed by atoms with van der Waals surface area (Å²) in [4.78, 5) is 15.0. The van der Waals surface area contributed by atoms with Crippen LogP contribution in [0.3, 0.4) is 0 Å². The highest BCUT2D eigenvalue weighted by Crippen LogP contribution is 2.41. The van der Waals surface area contributed by atoms with Crippen LogP contribution in [0, 0.1) is 5.92 Å². The van der Waals surface area contributed by atoms with E-state index in [1.807, 2.05) is 12.1 Å². The summed E-state index contributed by atoms with van der Waals surface area (Å²) in [6.45, 7) is 1.51. The second-order valence-electron chi connectivity index (χ2n) is 7.35. The fraction of sp³-hybridized carbons (Fsp3) is 0.348.